The molecule has 0 radical (unpaired) electrons. The molecule has 3 heterocycles. The Labute approximate surface area is 144 Å². The Kier molecular flexibility index (Phi) is 4.45. The highest BCUT2D eigenvalue weighted by atomic mass is 19.1. The lowest BCUT2D eigenvalue weighted by molar-refractivity contribution is -0.142. The minimum atomic E-state index is -1.54. The lowest BCUT2D eigenvalue weighted by Crippen LogP contribution is -2.63. The highest BCUT2D eigenvalue weighted by Crippen LogP contribution is 2.42. The van der Waals surface area contributed by atoms with Crippen LogP contribution in [0.1, 0.15) is 39.2 Å². The first-order chi connectivity index (χ1) is 11.6. The molecule has 2 fully saturated rings. The second kappa shape index (κ2) is 6.17. The normalized spacial score (nSPS) is 29.4. The van der Waals surface area contributed by atoms with Crippen molar-refractivity contribution in [1.82, 2.24) is 9.88 Å². The van der Waals surface area contributed by atoms with Crippen LogP contribution in [0.2, 0.25) is 0 Å². The number of halogens is 2. The van der Waals surface area contributed by atoms with Crippen molar-refractivity contribution < 1.29 is 28.2 Å². The number of hydrogen-bond acceptors (Lipinski definition) is 5. The van der Waals surface area contributed by atoms with E-state index in [2.05, 4.69) is 4.98 Å². The number of aliphatic hydroxyl groups is 1. The quantitative estimate of drug-likeness (QED) is 0.782. The van der Waals surface area contributed by atoms with E-state index in [0.29, 0.717) is 0 Å². The Morgan fingerprint density at radius 1 is 1.32 bits per heavy atom. The van der Waals surface area contributed by atoms with Crippen molar-refractivity contribution in [2.24, 2.45) is 0 Å². The molecule has 0 saturated carbocycles. The van der Waals surface area contributed by atoms with Crippen molar-refractivity contribution in [3.8, 4) is 0 Å². The van der Waals surface area contributed by atoms with Crippen LogP contribution in [0.25, 0.3) is 0 Å². The Morgan fingerprint density at radius 3 is 2.44 bits per heavy atom. The molecule has 1 aromatic rings. The topological polar surface area (TPSA) is 71.9 Å². The molecule has 2 bridgehead atoms. The van der Waals surface area contributed by atoms with E-state index in [0.717, 1.165) is 6.07 Å². The number of ether oxygens (including phenoxy) is 2. The third kappa shape index (κ3) is 3.59. The summed E-state index contributed by atoms with van der Waals surface area (Å²) in [7, 11) is 0. The van der Waals surface area contributed by atoms with Crippen LogP contribution >= 0.6 is 0 Å². The molecule has 1 amide bonds. The van der Waals surface area contributed by atoms with Crippen LogP contribution in [0.4, 0.5) is 13.6 Å². The van der Waals surface area contributed by atoms with Gasteiger partial charge in [-0.3, -0.25) is 4.90 Å². The molecule has 0 aliphatic carbocycles. The highest BCUT2D eigenvalue weighted by molar-refractivity contribution is 5.69. The number of hydrogen-bond donors (Lipinski definition) is 1. The lowest BCUT2D eigenvalue weighted by Gasteiger charge is -2.51. The van der Waals surface area contributed by atoms with Crippen LogP contribution in [0.5, 0.6) is 0 Å². The maximum Gasteiger partial charge on any atom is 0.410 e. The summed E-state index contributed by atoms with van der Waals surface area (Å²) in [5.41, 5.74) is -2.25. The summed E-state index contributed by atoms with van der Waals surface area (Å²) in [6.07, 6.45) is -0.356. The van der Waals surface area contributed by atoms with E-state index in [9.17, 15) is 18.7 Å². The van der Waals surface area contributed by atoms with E-state index in [-0.39, 0.29) is 31.6 Å². The van der Waals surface area contributed by atoms with Gasteiger partial charge in [-0.25, -0.2) is 4.79 Å². The molecule has 1 N–H and O–H groups in total. The van der Waals surface area contributed by atoms with Crippen LogP contribution in [0.3, 0.4) is 0 Å². The molecule has 138 valence electrons. The van der Waals surface area contributed by atoms with Crippen molar-refractivity contribution in [2.75, 3.05) is 13.2 Å². The van der Waals surface area contributed by atoms with E-state index in [1.807, 2.05) is 0 Å². The van der Waals surface area contributed by atoms with E-state index in [1.54, 1.807) is 25.7 Å². The van der Waals surface area contributed by atoms with Crippen molar-refractivity contribution >= 4 is 6.09 Å². The summed E-state index contributed by atoms with van der Waals surface area (Å²) in [6.45, 7) is 5.76. The Hall–Kier alpha value is -1.80. The zero-order valence-electron chi connectivity index (χ0n) is 14.5. The van der Waals surface area contributed by atoms with Crippen LogP contribution in [0.15, 0.2) is 12.1 Å². The van der Waals surface area contributed by atoms with E-state index in [4.69, 9.17) is 9.47 Å². The first-order valence-electron chi connectivity index (χ1n) is 8.23. The van der Waals surface area contributed by atoms with Gasteiger partial charge in [0.15, 0.2) is 0 Å². The van der Waals surface area contributed by atoms with Crippen LogP contribution in [-0.4, -0.2) is 52.0 Å². The van der Waals surface area contributed by atoms with Gasteiger partial charge in [0.25, 0.3) is 0 Å². The molecule has 2 unspecified atom stereocenters. The number of amides is 1. The maximum atomic E-state index is 14.1. The largest absolute Gasteiger partial charge is 0.444 e. The molecule has 8 heteroatoms. The third-order valence-corrected chi connectivity index (χ3v) is 4.47. The van der Waals surface area contributed by atoms with Gasteiger partial charge in [0.05, 0.1) is 30.9 Å². The summed E-state index contributed by atoms with van der Waals surface area (Å²) < 4.78 is 38.1. The number of pyridine rings is 1. The van der Waals surface area contributed by atoms with E-state index in [1.165, 1.54) is 6.07 Å². The van der Waals surface area contributed by atoms with Gasteiger partial charge in [0, 0.05) is 18.4 Å². The number of rotatable bonds is 1. The minimum Gasteiger partial charge on any atom is -0.444 e. The molecule has 3 rings (SSSR count). The number of carbonyl (C=O) groups excluding carboxylic acids is 1. The number of carbonyl (C=O) groups is 1. The van der Waals surface area contributed by atoms with Crippen molar-refractivity contribution in [3.63, 3.8) is 0 Å². The molecular formula is C17H22F2N2O4. The minimum absolute atomic E-state index is 0.0605. The average molecular weight is 356 g/mol. The van der Waals surface area contributed by atoms with Gasteiger partial charge >= 0.3 is 6.09 Å². The summed E-state index contributed by atoms with van der Waals surface area (Å²) >= 11 is 0. The fraction of sp³-hybridized carbons (Fsp3) is 0.647. The standard InChI is InChI=1S/C17H22F2N2O4/c1-16(2,3)25-15(22)21-10-6-17(23,7-11(21)9-24-8-10)12-4-5-13(18)20-14(12)19/h4-5,10-11,23H,6-9H2,1-3H3. The Morgan fingerprint density at radius 2 is 1.92 bits per heavy atom. The number of morpholine rings is 1. The predicted octanol–water partition coefficient (Wildman–Crippen LogP) is 2.35. The lowest BCUT2D eigenvalue weighted by atomic mass is 9.77. The Bertz CT molecular complexity index is 663. The first kappa shape index (κ1) is 18.0. The molecule has 0 aromatic carbocycles. The van der Waals surface area contributed by atoms with Crippen molar-refractivity contribution in [2.45, 2.75) is 56.9 Å². The van der Waals surface area contributed by atoms with Gasteiger partial charge in [-0.1, -0.05) is 0 Å². The van der Waals surface area contributed by atoms with Gasteiger partial charge < -0.3 is 14.6 Å². The Balaban J connectivity index is 1.87. The average Bonchev–Trinajstić information content (AvgIpc) is 2.43. The van der Waals surface area contributed by atoms with Crippen LogP contribution in [-0.2, 0) is 15.1 Å². The van der Waals surface area contributed by atoms with Crippen molar-refractivity contribution in [3.05, 3.63) is 29.6 Å². The number of piperidine rings is 1. The molecule has 6 nitrogen and oxygen atoms in total. The smallest absolute Gasteiger partial charge is 0.410 e. The molecule has 25 heavy (non-hydrogen) atoms. The van der Waals surface area contributed by atoms with E-state index >= 15 is 0 Å². The second-order valence-electron chi connectivity index (χ2n) is 7.64. The summed E-state index contributed by atoms with van der Waals surface area (Å²) in [5, 5.41) is 11.0. The zero-order chi connectivity index (χ0) is 18.4. The zero-order valence-corrected chi connectivity index (χ0v) is 14.5. The van der Waals surface area contributed by atoms with Crippen LogP contribution < -0.4 is 0 Å². The number of fused-ring (bicyclic) bond motifs is 2. The summed E-state index contributed by atoms with van der Waals surface area (Å²) in [6, 6.07) is 1.30. The molecular weight excluding hydrogens is 334 g/mol. The first-order valence-corrected chi connectivity index (χ1v) is 8.23. The van der Waals surface area contributed by atoms with Gasteiger partial charge in [-0.15, -0.1) is 0 Å². The summed E-state index contributed by atoms with van der Waals surface area (Å²) in [4.78, 5) is 17.2. The fourth-order valence-electron chi connectivity index (χ4n) is 3.57. The molecule has 2 atom stereocenters. The maximum absolute atomic E-state index is 14.1. The van der Waals surface area contributed by atoms with Crippen molar-refractivity contribution in [1.29, 1.82) is 0 Å². The molecule has 0 spiro atoms. The van der Waals surface area contributed by atoms with Gasteiger partial charge in [0.1, 0.15) is 5.60 Å². The number of nitrogens with zero attached hydrogens (tertiary/aromatic N) is 2. The predicted molar refractivity (Wildman–Crippen MR) is 83.8 cm³/mol. The molecule has 2 aliphatic heterocycles. The highest BCUT2D eigenvalue weighted by Gasteiger charge is 2.50. The summed E-state index contributed by atoms with van der Waals surface area (Å²) in [5.74, 6) is -1.98. The third-order valence-electron chi connectivity index (χ3n) is 4.47. The van der Waals surface area contributed by atoms with Crippen LogP contribution in [0, 0.1) is 11.9 Å². The monoisotopic (exact) mass is 356 g/mol. The van der Waals surface area contributed by atoms with Gasteiger partial charge in [-0.05, 0) is 32.9 Å². The molecule has 2 aliphatic rings. The number of aromatic nitrogens is 1. The SMILES string of the molecule is CC(C)(C)OC(=O)N1C2COCC1CC(O)(c1ccc(F)nc1F)C2. The van der Waals surface area contributed by atoms with E-state index < -0.39 is 41.3 Å². The van der Waals surface area contributed by atoms with Gasteiger partial charge in [-0.2, -0.15) is 13.8 Å². The molecule has 2 saturated heterocycles. The fourth-order valence-corrected chi connectivity index (χ4v) is 3.57. The second-order valence-corrected chi connectivity index (χ2v) is 7.64. The van der Waals surface area contributed by atoms with Gasteiger partial charge in [0.2, 0.25) is 11.9 Å². The molecule has 1 aromatic heterocycles.